The summed E-state index contributed by atoms with van der Waals surface area (Å²) in [6.07, 6.45) is 1.54. The molecule has 192 valence electrons. The number of likely N-dealkylation sites (tertiary alicyclic amines) is 2. The van der Waals surface area contributed by atoms with Crippen LogP contribution in [-0.2, 0) is 14.4 Å². The summed E-state index contributed by atoms with van der Waals surface area (Å²) in [5.41, 5.74) is 7.65. The molecular formula is C26H39N5O4. The van der Waals surface area contributed by atoms with E-state index in [1.165, 1.54) is 0 Å². The van der Waals surface area contributed by atoms with E-state index in [0.29, 0.717) is 37.9 Å². The lowest BCUT2D eigenvalue weighted by Crippen LogP contribution is -2.49. The largest absolute Gasteiger partial charge is 0.378 e. The third kappa shape index (κ3) is 6.01. The van der Waals surface area contributed by atoms with Crippen molar-refractivity contribution in [1.29, 1.82) is 0 Å². The van der Waals surface area contributed by atoms with Gasteiger partial charge in [-0.05, 0) is 48.9 Å². The Kier molecular flexibility index (Phi) is 8.53. The van der Waals surface area contributed by atoms with Gasteiger partial charge in [-0.25, -0.2) is 0 Å². The zero-order valence-electron chi connectivity index (χ0n) is 21.5. The minimum atomic E-state index is -0.646. The molecule has 0 spiro atoms. The van der Waals surface area contributed by atoms with Gasteiger partial charge in [0.2, 0.25) is 11.8 Å². The van der Waals surface area contributed by atoms with Crippen molar-refractivity contribution in [2.45, 2.75) is 58.2 Å². The molecule has 0 aromatic heterocycles. The average molecular weight is 486 g/mol. The molecule has 4 atom stereocenters. The maximum absolute atomic E-state index is 13.0. The van der Waals surface area contributed by atoms with E-state index in [0.717, 1.165) is 5.69 Å². The normalized spacial score (nSPS) is 21.2. The molecule has 2 fully saturated rings. The van der Waals surface area contributed by atoms with Gasteiger partial charge in [-0.3, -0.25) is 19.2 Å². The molecule has 0 radical (unpaired) electrons. The van der Waals surface area contributed by atoms with Crippen LogP contribution >= 0.6 is 0 Å². The van der Waals surface area contributed by atoms with Crippen molar-refractivity contribution < 1.29 is 19.2 Å². The molecule has 0 saturated carbocycles. The molecule has 3 rings (SSSR count). The van der Waals surface area contributed by atoms with Crippen molar-refractivity contribution in [2.75, 3.05) is 38.6 Å². The fourth-order valence-corrected chi connectivity index (χ4v) is 4.83. The van der Waals surface area contributed by atoms with Crippen molar-refractivity contribution in [2.24, 2.45) is 17.6 Å². The van der Waals surface area contributed by atoms with E-state index in [4.69, 9.17) is 5.73 Å². The maximum atomic E-state index is 13.0. The van der Waals surface area contributed by atoms with Crippen LogP contribution in [0.25, 0.3) is 0 Å². The van der Waals surface area contributed by atoms with Crippen LogP contribution in [0.4, 0.5) is 5.69 Å². The van der Waals surface area contributed by atoms with Gasteiger partial charge in [-0.15, -0.1) is 0 Å². The summed E-state index contributed by atoms with van der Waals surface area (Å²) in [6, 6.07) is 5.89. The molecule has 2 saturated heterocycles. The molecule has 9 nitrogen and oxygen atoms in total. The number of rotatable bonds is 9. The Morgan fingerprint density at radius 1 is 1.11 bits per heavy atom. The lowest BCUT2D eigenvalue weighted by atomic mass is 10.0. The Balaban J connectivity index is 1.48. The molecule has 2 aliphatic rings. The summed E-state index contributed by atoms with van der Waals surface area (Å²) in [4.78, 5) is 56.1. The summed E-state index contributed by atoms with van der Waals surface area (Å²) < 4.78 is 0. The van der Waals surface area contributed by atoms with Crippen LogP contribution in [0.2, 0.25) is 0 Å². The molecule has 2 aliphatic heterocycles. The second-order valence-corrected chi connectivity index (χ2v) is 10.4. The van der Waals surface area contributed by atoms with E-state index in [2.05, 4.69) is 5.32 Å². The van der Waals surface area contributed by atoms with E-state index in [-0.39, 0.29) is 47.9 Å². The standard InChI is InChI=1S/C26H39N5O4/c1-16(2)23(27)26(35)31-15-21(32)24-20(31)11-13-30(24)22(33)14-17(3)10-12-28-25(34)18-6-8-19(9-7-18)29(4)5/h6-9,16-17,20,23-24H,10-15,27H2,1-5H3,(H,28,34). The summed E-state index contributed by atoms with van der Waals surface area (Å²) in [5.74, 6) is -0.499. The van der Waals surface area contributed by atoms with Crippen molar-refractivity contribution in [3.05, 3.63) is 29.8 Å². The predicted molar refractivity (Wildman–Crippen MR) is 135 cm³/mol. The summed E-state index contributed by atoms with van der Waals surface area (Å²) in [5, 5.41) is 2.92. The molecule has 2 heterocycles. The predicted octanol–water partition coefficient (Wildman–Crippen LogP) is 1.26. The lowest BCUT2D eigenvalue weighted by Gasteiger charge is -2.28. The lowest BCUT2D eigenvalue weighted by molar-refractivity contribution is -0.137. The van der Waals surface area contributed by atoms with Gasteiger partial charge in [0.1, 0.15) is 6.04 Å². The Morgan fingerprint density at radius 3 is 2.37 bits per heavy atom. The number of fused-ring (bicyclic) bond motifs is 1. The molecule has 35 heavy (non-hydrogen) atoms. The average Bonchev–Trinajstić information content (AvgIpc) is 3.39. The summed E-state index contributed by atoms with van der Waals surface area (Å²) in [7, 11) is 3.89. The van der Waals surface area contributed by atoms with E-state index in [1.807, 2.05) is 51.9 Å². The number of ketones is 1. The molecule has 0 aliphatic carbocycles. The highest BCUT2D eigenvalue weighted by Gasteiger charge is 2.51. The van der Waals surface area contributed by atoms with Gasteiger partial charge in [-0.2, -0.15) is 0 Å². The van der Waals surface area contributed by atoms with Crippen LogP contribution in [-0.4, -0.2) is 85.2 Å². The second kappa shape index (κ2) is 11.2. The summed E-state index contributed by atoms with van der Waals surface area (Å²) in [6.45, 7) is 6.68. The van der Waals surface area contributed by atoms with Gasteiger partial charge in [0.05, 0.1) is 18.6 Å². The Labute approximate surface area is 208 Å². The van der Waals surface area contributed by atoms with Gasteiger partial charge >= 0.3 is 0 Å². The highest BCUT2D eigenvalue weighted by Crippen LogP contribution is 2.31. The van der Waals surface area contributed by atoms with Crippen molar-refractivity contribution in [3.63, 3.8) is 0 Å². The monoisotopic (exact) mass is 485 g/mol. The zero-order valence-corrected chi connectivity index (χ0v) is 21.5. The van der Waals surface area contributed by atoms with Gasteiger partial charge in [0, 0.05) is 44.9 Å². The number of nitrogens with two attached hydrogens (primary N) is 1. The van der Waals surface area contributed by atoms with Crippen molar-refractivity contribution in [3.8, 4) is 0 Å². The molecule has 3 N–H and O–H groups in total. The number of nitrogens with zero attached hydrogens (tertiary/aromatic N) is 3. The highest BCUT2D eigenvalue weighted by atomic mass is 16.2. The quantitative estimate of drug-likeness (QED) is 0.544. The molecule has 4 unspecified atom stereocenters. The van der Waals surface area contributed by atoms with Crippen LogP contribution in [0, 0.1) is 11.8 Å². The number of benzene rings is 1. The number of amides is 3. The first-order valence-corrected chi connectivity index (χ1v) is 12.4. The molecular weight excluding hydrogens is 446 g/mol. The first-order chi connectivity index (χ1) is 16.5. The number of carbonyl (C=O) groups is 4. The first-order valence-electron chi connectivity index (χ1n) is 12.4. The SMILES string of the molecule is CC(CCNC(=O)c1ccc(N(C)C)cc1)CC(=O)N1CCC2C1C(=O)CN2C(=O)C(N)C(C)C. The van der Waals surface area contributed by atoms with Crippen LogP contribution in [0.1, 0.15) is 50.4 Å². The van der Waals surface area contributed by atoms with Gasteiger partial charge in [-0.1, -0.05) is 20.8 Å². The van der Waals surface area contributed by atoms with Crippen LogP contribution < -0.4 is 16.0 Å². The minimum Gasteiger partial charge on any atom is -0.378 e. The fraction of sp³-hybridized carbons (Fsp3) is 0.615. The van der Waals surface area contributed by atoms with Gasteiger partial charge in [0.25, 0.3) is 5.91 Å². The van der Waals surface area contributed by atoms with Crippen LogP contribution in [0.3, 0.4) is 0 Å². The third-order valence-corrected chi connectivity index (χ3v) is 7.12. The molecule has 1 aromatic carbocycles. The first kappa shape index (κ1) is 26.7. The number of carbonyl (C=O) groups excluding carboxylic acids is 4. The Hall–Kier alpha value is -2.94. The highest BCUT2D eigenvalue weighted by molar-refractivity contribution is 5.98. The maximum Gasteiger partial charge on any atom is 0.251 e. The summed E-state index contributed by atoms with van der Waals surface area (Å²) >= 11 is 0. The molecule has 1 aromatic rings. The van der Waals surface area contributed by atoms with Crippen LogP contribution in [0.5, 0.6) is 0 Å². The third-order valence-electron chi connectivity index (χ3n) is 7.12. The molecule has 0 bridgehead atoms. The van der Waals surface area contributed by atoms with E-state index >= 15 is 0 Å². The fourth-order valence-electron chi connectivity index (χ4n) is 4.83. The van der Waals surface area contributed by atoms with Crippen LogP contribution in [0.15, 0.2) is 24.3 Å². The van der Waals surface area contributed by atoms with Crippen molar-refractivity contribution in [1.82, 2.24) is 15.1 Å². The second-order valence-electron chi connectivity index (χ2n) is 10.4. The van der Waals surface area contributed by atoms with Gasteiger partial charge in [0.15, 0.2) is 5.78 Å². The molecule has 9 heteroatoms. The van der Waals surface area contributed by atoms with Gasteiger partial charge < -0.3 is 25.8 Å². The Bertz CT molecular complexity index is 946. The minimum absolute atomic E-state index is 0.0189. The smallest absolute Gasteiger partial charge is 0.251 e. The number of anilines is 1. The number of nitrogens with one attached hydrogen (secondary N) is 1. The number of Topliss-reactive ketones (excluding diaryl/α,β-unsaturated/α-hetero) is 1. The van der Waals surface area contributed by atoms with E-state index in [9.17, 15) is 19.2 Å². The number of hydrogen-bond acceptors (Lipinski definition) is 6. The Morgan fingerprint density at radius 2 is 1.77 bits per heavy atom. The van der Waals surface area contributed by atoms with E-state index in [1.54, 1.807) is 21.9 Å². The van der Waals surface area contributed by atoms with E-state index < -0.39 is 12.1 Å². The van der Waals surface area contributed by atoms with Crippen molar-refractivity contribution >= 4 is 29.2 Å². The zero-order chi connectivity index (χ0) is 25.9. The topological polar surface area (TPSA) is 116 Å². The molecule has 3 amide bonds. The number of hydrogen-bond donors (Lipinski definition) is 2.